The highest BCUT2D eigenvalue weighted by Gasteiger charge is 2.59. The van der Waals surface area contributed by atoms with E-state index < -0.39 is 5.23 Å². The summed E-state index contributed by atoms with van der Waals surface area (Å²) in [6.07, 6.45) is 4.96. The van der Waals surface area contributed by atoms with E-state index in [1.165, 1.54) is 17.0 Å². The molecular weight excluding hydrogens is 272 g/mol. The molecule has 0 spiro atoms. The first-order valence-corrected chi connectivity index (χ1v) is 6.97. The van der Waals surface area contributed by atoms with Crippen LogP contribution >= 0.6 is 0 Å². The Morgan fingerprint density at radius 1 is 1.14 bits per heavy atom. The second kappa shape index (κ2) is 4.24. The summed E-state index contributed by atoms with van der Waals surface area (Å²) in [6.45, 7) is 0. The molecule has 1 aliphatic heterocycles. The quantitative estimate of drug-likeness (QED) is 0.468. The van der Waals surface area contributed by atoms with Gasteiger partial charge in [-0.1, -0.05) is 18.2 Å². The molecule has 108 valence electrons. The van der Waals surface area contributed by atoms with Gasteiger partial charge in [0.1, 0.15) is 0 Å². The van der Waals surface area contributed by atoms with Crippen LogP contribution in [-0.2, 0) is 9.59 Å². The van der Waals surface area contributed by atoms with E-state index >= 15 is 0 Å². The second-order valence-electron chi connectivity index (χ2n) is 5.87. The molecule has 5 atom stereocenters. The van der Waals surface area contributed by atoms with Crippen molar-refractivity contribution in [3.05, 3.63) is 41.6 Å². The minimum Gasteiger partial charge on any atom is -0.595 e. The first-order chi connectivity index (χ1) is 10.1. The van der Waals surface area contributed by atoms with Crippen LogP contribution in [0.2, 0.25) is 0 Å². The molecule has 0 radical (unpaired) electrons. The molecule has 6 nitrogen and oxygen atoms in total. The molecular formula is C15H14N2O4. The lowest BCUT2D eigenvalue weighted by Crippen LogP contribution is -2.99. The minimum atomic E-state index is -1.07. The topological polar surface area (TPSA) is 85.1 Å². The number of carbonyl (C=O) groups excluding carboxylic acids is 2. The fourth-order valence-electron chi connectivity index (χ4n) is 3.93. The Balaban J connectivity index is 1.73. The van der Waals surface area contributed by atoms with Crippen molar-refractivity contribution in [2.45, 2.75) is 6.42 Å². The van der Waals surface area contributed by atoms with Crippen molar-refractivity contribution in [1.29, 1.82) is 0 Å². The van der Waals surface area contributed by atoms with Crippen molar-refractivity contribution in [2.75, 3.05) is 4.90 Å². The number of rotatable bonds is 2. The summed E-state index contributed by atoms with van der Waals surface area (Å²) >= 11 is 0. The van der Waals surface area contributed by atoms with Gasteiger partial charge in [-0.15, -0.1) is 0 Å². The fourth-order valence-corrected chi connectivity index (χ4v) is 3.93. The Labute approximate surface area is 120 Å². The standard InChI is InChI=1S/C15H14N2O4/c18-14-12-8-4-5-9(6-8)13(12)15(19)16(14)10-2-1-3-11(7-10)17(20)21/h1-5,7-9,12-13,17,20H,6H2/t8-,9-,12-,13-/m1/s1. The van der Waals surface area contributed by atoms with Gasteiger partial charge in [0.15, 0.2) is 5.69 Å². The van der Waals surface area contributed by atoms with Gasteiger partial charge in [-0.2, -0.15) is 5.23 Å². The highest BCUT2D eigenvalue weighted by molar-refractivity contribution is 6.22. The van der Waals surface area contributed by atoms with Crippen LogP contribution in [0.25, 0.3) is 0 Å². The third kappa shape index (κ3) is 1.64. The van der Waals surface area contributed by atoms with Crippen LogP contribution in [0.3, 0.4) is 0 Å². The molecule has 1 saturated carbocycles. The largest absolute Gasteiger partial charge is 0.595 e. The van der Waals surface area contributed by atoms with Crippen LogP contribution in [-0.4, -0.2) is 17.0 Å². The Bertz CT molecular complexity index is 639. The van der Waals surface area contributed by atoms with E-state index in [0.717, 1.165) is 6.42 Å². The predicted molar refractivity (Wildman–Crippen MR) is 72.4 cm³/mol. The monoisotopic (exact) mass is 286 g/mol. The van der Waals surface area contributed by atoms with Crippen molar-refractivity contribution in [2.24, 2.45) is 23.7 Å². The third-order valence-electron chi connectivity index (χ3n) is 4.82. The Morgan fingerprint density at radius 2 is 1.76 bits per heavy atom. The Hall–Kier alpha value is -2.02. The zero-order valence-corrected chi connectivity index (χ0v) is 11.1. The number of hydrogen-bond acceptors (Lipinski definition) is 4. The number of fused-ring (bicyclic) bond motifs is 5. The first-order valence-electron chi connectivity index (χ1n) is 6.97. The first kappa shape index (κ1) is 12.7. The number of nitrogens with one attached hydrogen (secondary N) is 1. The van der Waals surface area contributed by atoms with Gasteiger partial charge in [0.2, 0.25) is 11.8 Å². The number of quaternary nitrogens is 1. The van der Waals surface area contributed by atoms with E-state index in [4.69, 9.17) is 5.21 Å². The second-order valence-corrected chi connectivity index (χ2v) is 5.87. The smallest absolute Gasteiger partial charge is 0.238 e. The van der Waals surface area contributed by atoms with Crippen LogP contribution in [0.4, 0.5) is 11.4 Å². The van der Waals surface area contributed by atoms with Gasteiger partial charge in [-0.3, -0.25) is 9.59 Å². The lowest BCUT2D eigenvalue weighted by Gasteiger charge is -2.19. The lowest BCUT2D eigenvalue weighted by atomic mass is 9.85. The maximum absolute atomic E-state index is 12.6. The number of anilines is 1. The number of allylic oxidation sites excluding steroid dienone is 2. The number of hydrogen-bond donors (Lipinski definition) is 2. The van der Waals surface area contributed by atoms with Gasteiger partial charge in [0.05, 0.1) is 17.5 Å². The third-order valence-corrected chi connectivity index (χ3v) is 4.82. The van der Waals surface area contributed by atoms with Gasteiger partial charge >= 0.3 is 0 Å². The van der Waals surface area contributed by atoms with E-state index in [9.17, 15) is 14.8 Å². The highest BCUT2D eigenvalue weighted by Crippen LogP contribution is 2.53. The molecule has 0 aromatic heterocycles. The van der Waals surface area contributed by atoms with Gasteiger partial charge in [-0.25, -0.2) is 10.1 Å². The SMILES string of the molecule is O=C1[C@H]2[C@H](C(=O)N1c1cccc([NH+]([O-])O)c1)[C@@H]1C=C[C@@H]2C1. The normalized spacial score (nSPS) is 34.7. The van der Waals surface area contributed by atoms with Crippen molar-refractivity contribution in [1.82, 2.24) is 0 Å². The summed E-state index contributed by atoms with van der Waals surface area (Å²) in [7, 11) is 0. The summed E-state index contributed by atoms with van der Waals surface area (Å²) < 4.78 is 0. The van der Waals surface area contributed by atoms with Crippen molar-refractivity contribution < 1.29 is 20.0 Å². The molecule has 2 fully saturated rings. The maximum atomic E-state index is 12.6. The highest BCUT2D eigenvalue weighted by atomic mass is 16.8. The Morgan fingerprint density at radius 3 is 2.33 bits per heavy atom. The van der Waals surface area contributed by atoms with Crippen LogP contribution in [0.1, 0.15) is 6.42 Å². The maximum Gasteiger partial charge on any atom is 0.238 e. The van der Waals surface area contributed by atoms with Crippen LogP contribution < -0.4 is 10.1 Å². The number of nitrogens with zero attached hydrogens (tertiary/aromatic N) is 1. The molecule has 2 aliphatic carbocycles. The molecule has 1 unspecified atom stereocenters. The molecule has 1 aromatic carbocycles. The fraction of sp³-hybridized carbons (Fsp3) is 0.333. The number of carbonyl (C=O) groups is 2. The molecule has 21 heavy (non-hydrogen) atoms. The van der Waals surface area contributed by atoms with Gasteiger partial charge in [-0.05, 0) is 24.3 Å². The molecule has 1 aromatic rings. The van der Waals surface area contributed by atoms with E-state index in [1.807, 2.05) is 12.2 Å². The predicted octanol–water partition coefficient (Wildman–Crippen LogP) is 0.402. The van der Waals surface area contributed by atoms with Crippen molar-refractivity contribution >= 4 is 23.2 Å². The number of amides is 2. The molecule has 1 saturated heterocycles. The minimum absolute atomic E-state index is 0.0752. The van der Waals surface area contributed by atoms with Gasteiger partial charge in [0, 0.05) is 12.1 Å². The van der Waals surface area contributed by atoms with E-state index in [2.05, 4.69) is 0 Å². The molecule has 1 heterocycles. The average Bonchev–Trinajstić information content (AvgIpc) is 3.13. The van der Waals surface area contributed by atoms with E-state index in [0.29, 0.717) is 5.69 Å². The molecule has 3 aliphatic rings. The molecule has 2 N–H and O–H groups in total. The molecule has 2 bridgehead atoms. The van der Waals surface area contributed by atoms with Crippen LogP contribution in [0.5, 0.6) is 0 Å². The van der Waals surface area contributed by atoms with E-state index in [1.54, 1.807) is 12.1 Å². The number of imide groups is 1. The lowest BCUT2D eigenvalue weighted by molar-refractivity contribution is -0.991. The van der Waals surface area contributed by atoms with Crippen molar-refractivity contribution in [3.8, 4) is 0 Å². The Kier molecular flexibility index (Phi) is 2.56. The molecule has 2 amide bonds. The molecule has 4 rings (SSSR count). The van der Waals surface area contributed by atoms with Crippen LogP contribution in [0, 0.1) is 28.9 Å². The summed E-state index contributed by atoms with van der Waals surface area (Å²) in [4.78, 5) is 26.4. The summed E-state index contributed by atoms with van der Waals surface area (Å²) in [5.41, 5.74) is 0.435. The van der Waals surface area contributed by atoms with Crippen molar-refractivity contribution in [3.63, 3.8) is 0 Å². The van der Waals surface area contributed by atoms with Gasteiger partial charge < -0.3 is 5.21 Å². The summed E-state index contributed by atoms with van der Waals surface area (Å²) in [5, 5.41) is 19.0. The average molecular weight is 286 g/mol. The van der Waals surface area contributed by atoms with Crippen LogP contribution in [0.15, 0.2) is 36.4 Å². The summed E-state index contributed by atoms with van der Waals surface area (Å²) in [5.74, 6) is -0.594. The van der Waals surface area contributed by atoms with Gasteiger partial charge in [0.25, 0.3) is 0 Å². The number of benzene rings is 1. The summed E-state index contributed by atoms with van der Waals surface area (Å²) in [6, 6.07) is 6.00. The zero-order valence-electron chi connectivity index (χ0n) is 11.1. The zero-order chi connectivity index (χ0) is 14.7. The van der Waals surface area contributed by atoms with E-state index in [-0.39, 0.29) is 41.2 Å². The molecule has 6 heteroatoms.